The van der Waals surface area contributed by atoms with Crippen molar-refractivity contribution in [2.24, 2.45) is 0 Å². The summed E-state index contributed by atoms with van der Waals surface area (Å²) in [5, 5.41) is 3.12. The summed E-state index contributed by atoms with van der Waals surface area (Å²) in [5.41, 5.74) is 2.43. The lowest BCUT2D eigenvalue weighted by Gasteiger charge is -2.35. The van der Waals surface area contributed by atoms with Crippen LogP contribution >= 0.6 is 0 Å². The molecule has 1 N–H and O–H groups in total. The van der Waals surface area contributed by atoms with E-state index in [1.807, 2.05) is 14.1 Å². The molecule has 0 aliphatic carbocycles. The van der Waals surface area contributed by atoms with E-state index in [2.05, 4.69) is 46.3 Å². The van der Waals surface area contributed by atoms with Crippen molar-refractivity contribution in [1.29, 1.82) is 0 Å². The Bertz CT molecular complexity index is 496. The van der Waals surface area contributed by atoms with Crippen LogP contribution in [-0.4, -0.2) is 57.8 Å². The molecule has 1 aliphatic rings. The Hall–Kier alpha value is -1.59. The molecule has 5 heteroatoms. The molecule has 134 valence electrons. The highest BCUT2D eigenvalue weighted by Gasteiger charge is 2.23. The van der Waals surface area contributed by atoms with Crippen molar-refractivity contribution in [2.75, 3.05) is 51.8 Å². The van der Waals surface area contributed by atoms with Gasteiger partial charge in [0.2, 0.25) is 5.91 Å². The maximum atomic E-state index is 12.0. The van der Waals surface area contributed by atoms with Crippen LogP contribution in [0.1, 0.15) is 37.8 Å². The summed E-state index contributed by atoms with van der Waals surface area (Å²) in [6.45, 7) is 6.10. The van der Waals surface area contributed by atoms with Gasteiger partial charge in [0.25, 0.3) is 0 Å². The predicted octanol–water partition coefficient (Wildman–Crippen LogP) is 2.43. The van der Waals surface area contributed by atoms with Gasteiger partial charge < -0.3 is 15.0 Å². The first-order valence-corrected chi connectivity index (χ1v) is 8.97. The molecule has 1 aromatic carbocycles. The molecule has 1 aromatic rings. The first-order valence-electron chi connectivity index (χ1n) is 8.97. The number of nitrogens with zero attached hydrogens (tertiary/aromatic N) is 2. The fraction of sp³-hybridized carbons (Fsp3) is 0.632. The Morgan fingerprint density at radius 2 is 1.92 bits per heavy atom. The highest BCUT2D eigenvalue weighted by molar-refractivity contribution is 5.75. The van der Waals surface area contributed by atoms with E-state index in [0.29, 0.717) is 13.0 Å². The highest BCUT2D eigenvalue weighted by Crippen LogP contribution is 2.23. The van der Waals surface area contributed by atoms with Gasteiger partial charge in [-0.2, -0.15) is 0 Å². The molecule has 1 atom stereocenters. The van der Waals surface area contributed by atoms with E-state index in [4.69, 9.17) is 4.74 Å². The van der Waals surface area contributed by atoms with E-state index in [1.54, 1.807) is 0 Å². The Balaban J connectivity index is 2.05. The molecule has 2 rings (SSSR count). The normalized spacial score (nSPS) is 16.6. The third kappa shape index (κ3) is 5.49. The molecule has 1 heterocycles. The fourth-order valence-electron chi connectivity index (χ4n) is 2.98. The minimum atomic E-state index is 0.153. The van der Waals surface area contributed by atoms with E-state index >= 15 is 0 Å². The smallest absolute Gasteiger partial charge is 0.220 e. The number of carbonyl (C=O) groups is 1. The van der Waals surface area contributed by atoms with Crippen molar-refractivity contribution in [3.8, 4) is 0 Å². The summed E-state index contributed by atoms with van der Waals surface area (Å²) in [5.74, 6) is 0.153. The van der Waals surface area contributed by atoms with Crippen LogP contribution in [0, 0.1) is 0 Å². The lowest BCUT2D eigenvalue weighted by molar-refractivity contribution is -0.121. The molecule has 1 amide bonds. The first kappa shape index (κ1) is 18.7. The highest BCUT2D eigenvalue weighted by atomic mass is 16.5. The van der Waals surface area contributed by atoms with Crippen molar-refractivity contribution in [3.05, 3.63) is 29.8 Å². The molecular weight excluding hydrogens is 302 g/mol. The van der Waals surface area contributed by atoms with Gasteiger partial charge in [-0.3, -0.25) is 9.69 Å². The van der Waals surface area contributed by atoms with Gasteiger partial charge in [-0.1, -0.05) is 25.5 Å². The summed E-state index contributed by atoms with van der Waals surface area (Å²) in [4.78, 5) is 16.5. The Morgan fingerprint density at radius 3 is 2.50 bits per heavy atom. The van der Waals surface area contributed by atoms with Crippen LogP contribution in [0.2, 0.25) is 0 Å². The van der Waals surface area contributed by atoms with Crippen molar-refractivity contribution >= 4 is 11.6 Å². The Labute approximate surface area is 146 Å². The number of benzene rings is 1. The zero-order valence-electron chi connectivity index (χ0n) is 15.3. The lowest BCUT2D eigenvalue weighted by atomic mass is 10.0. The van der Waals surface area contributed by atoms with Gasteiger partial charge >= 0.3 is 0 Å². The van der Waals surface area contributed by atoms with Crippen molar-refractivity contribution in [3.63, 3.8) is 0 Å². The molecule has 1 aliphatic heterocycles. The maximum Gasteiger partial charge on any atom is 0.220 e. The molecule has 0 aromatic heterocycles. The van der Waals surface area contributed by atoms with E-state index < -0.39 is 0 Å². The van der Waals surface area contributed by atoms with Crippen molar-refractivity contribution in [1.82, 2.24) is 10.2 Å². The van der Waals surface area contributed by atoms with E-state index in [0.717, 1.165) is 39.1 Å². The molecule has 1 unspecified atom stereocenters. The van der Waals surface area contributed by atoms with Crippen LogP contribution in [-0.2, 0) is 9.53 Å². The first-order chi connectivity index (χ1) is 11.6. The Kier molecular flexibility index (Phi) is 7.53. The zero-order valence-corrected chi connectivity index (χ0v) is 15.3. The Morgan fingerprint density at radius 1 is 1.25 bits per heavy atom. The molecule has 1 fully saturated rings. The second kappa shape index (κ2) is 9.64. The number of unbranched alkanes of at least 4 members (excludes halogenated alkanes) is 1. The molecule has 0 saturated carbocycles. The van der Waals surface area contributed by atoms with E-state index in [9.17, 15) is 4.79 Å². The molecular formula is C19H31N3O2. The van der Waals surface area contributed by atoms with E-state index in [-0.39, 0.29) is 11.9 Å². The van der Waals surface area contributed by atoms with Gasteiger partial charge in [-0.25, -0.2) is 0 Å². The third-order valence-corrected chi connectivity index (χ3v) is 4.53. The number of morpholine rings is 1. The number of hydrogen-bond acceptors (Lipinski definition) is 4. The van der Waals surface area contributed by atoms with E-state index in [1.165, 1.54) is 11.3 Å². The van der Waals surface area contributed by atoms with Crippen LogP contribution in [0.15, 0.2) is 24.3 Å². The average Bonchev–Trinajstić information content (AvgIpc) is 2.61. The minimum absolute atomic E-state index is 0.153. The number of anilines is 1. The number of rotatable bonds is 8. The lowest BCUT2D eigenvalue weighted by Crippen LogP contribution is -2.43. The summed E-state index contributed by atoms with van der Waals surface area (Å²) in [6, 6.07) is 8.83. The van der Waals surface area contributed by atoms with Gasteiger partial charge in [0, 0.05) is 45.8 Å². The molecule has 0 spiro atoms. The summed E-state index contributed by atoms with van der Waals surface area (Å²) in [7, 11) is 4.09. The summed E-state index contributed by atoms with van der Waals surface area (Å²) in [6.07, 6.45) is 2.61. The van der Waals surface area contributed by atoms with Gasteiger partial charge in [0.05, 0.1) is 19.3 Å². The molecule has 0 bridgehead atoms. The average molecular weight is 333 g/mol. The number of nitrogens with one attached hydrogen (secondary N) is 1. The maximum absolute atomic E-state index is 12.0. The van der Waals surface area contributed by atoms with Crippen LogP contribution < -0.4 is 10.2 Å². The number of ether oxygens (including phenoxy) is 1. The number of hydrogen-bond donors (Lipinski definition) is 1. The predicted molar refractivity (Wildman–Crippen MR) is 98.4 cm³/mol. The second-order valence-corrected chi connectivity index (χ2v) is 6.56. The zero-order chi connectivity index (χ0) is 17.4. The summed E-state index contributed by atoms with van der Waals surface area (Å²) < 4.78 is 5.48. The monoisotopic (exact) mass is 333 g/mol. The van der Waals surface area contributed by atoms with Crippen LogP contribution in [0.4, 0.5) is 5.69 Å². The second-order valence-electron chi connectivity index (χ2n) is 6.56. The fourth-order valence-corrected chi connectivity index (χ4v) is 2.98. The van der Waals surface area contributed by atoms with Gasteiger partial charge in [0.1, 0.15) is 0 Å². The summed E-state index contributed by atoms with van der Waals surface area (Å²) >= 11 is 0. The third-order valence-electron chi connectivity index (χ3n) is 4.53. The molecule has 24 heavy (non-hydrogen) atoms. The minimum Gasteiger partial charge on any atom is -0.379 e. The number of amides is 1. The molecule has 0 radical (unpaired) electrons. The van der Waals surface area contributed by atoms with Crippen LogP contribution in [0.25, 0.3) is 0 Å². The van der Waals surface area contributed by atoms with Crippen molar-refractivity contribution < 1.29 is 9.53 Å². The topological polar surface area (TPSA) is 44.8 Å². The van der Waals surface area contributed by atoms with Crippen LogP contribution in [0.5, 0.6) is 0 Å². The quantitative estimate of drug-likeness (QED) is 0.794. The largest absolute Gasteiger partial charge is 0.379 e. The molecule has 5 nitrogen and oxygen atoms in total. The molecule has 1 saturated heterocycles. The van der Waals surface area contributed by atoms with Gasteiger partial charge in [0.15, 0.2) is 0 Å². The van der Waals surface area contributed by atoms with Gasteiger partial charge in [-0.15, -0.1) is 0 Å². The van der Waals surface area contributed by atoms with Gasteiger partial charge in [-0.05, 0) is 24.1 Å². The number of carbonyl (C=O) groups excluding carboxylic acids is 1. The SMILES string of the molecule is CCCCC(=O)NCC(c1ccc(N(C)C)cc1)N1CCOCC1. The standard InChI is InChI=1S/C19H31N3O2/c1-4-5-6-19(23)20-15-18(22-11-13-24-14-12-22)16-7-9-17(10-8-16)21(2)3/h7-10,18H,4-6,11-15H2,1-3H3,(H,20,23). The van der Waals surface area contributed by atoms with Crippen molar-refractivity contribution in [2.45, 2.75) is 32.2 Å². The van der Waals surface area contributed by atoms with Crippen LogP contribution in [0.3, 0.4) is 0 Å².